The van der Waals surface area contributed by atoms with Crippen LogP contribution in [0.15, 0.2) is 48.5 Å². The van der Waals surface area contributed by atoms with Crippen molar-refractivity contribution in [3.63, 3.8) is 0 Å². The van der Waals surface area contributed by atoms with Gasteiger partial charge < -0.3 is 10.6 Å². The van der Waals surface area contributed by atoms with Gasteiger partial charge in [0.1, 0.15) is 11.5 Å². The molecule has 0 spiro atoms. The average Bonchev–Trinajstić information content (AvgIpc) is 2.81. The number of nitrogens with one attached hydrogen (secondary N) is 2. The Morgan fingerprint density at radius 1 is 0.848 bits per heavy atom. The largest absolute Gasteiger partial charge is 0.384 e. The van der Waals surface area contributed by atoms with E-state index in [1.165, 1.54) is 58.3 Å². The number of amides is 1. The maximum absolute atomic E-state index is 11.3. The molecule has 5 nitrogen and oxygen atoms in total. The first-order chi connectivity index (χ1) is 16.2. The van der Waals surface area contributed by atoms with Crippen molar-refractivity contribution in [1.82, 2.24) is 9.97 Å². The number of pyridine rings is 2. The molecule has 0 bridgehead atoms. The number of anilines is 2. The fraction of sp³-hybridized carbons (Fsp3) is 0.393. The minimum Gasteiger partial charge on any atom is -0.384 e. The minimum atomic E-state index is -0.158. The molecule has 33 heavy (non-hydrogen) atoms. The smallest absolute Gasteiger partial charge is 0.222 e. The topological polar surface area (TPSA) is 66.9 Å². The Bertz CT molecular complexity index is 1110. The third-order valence-electron chi connectivity index (χ3n) is 5.45. The second-order valence-electron chi connectivity index (χ2n) is 8.32. The molecule has 2 aromatic heterocycles. The van der Waals surface area contributed by atoms with Crippen LogP contribution < -0.4 is 10.6 Å². The molecule has 0 atom stereocenters. The van der Waals surface area contributed by atoms with Crippen LogP contribution in [0.5, 0.6) is 0 Å². The molecule has 1 aromatic carbocycles. The Labute approximate surface area is 197 Å². The van der Waals surface area contributed by atoms with Crippen LogP contribution >= 0.6 is 0 Å². The van der Waals surface area contributed by atoms with Gasteiger partial charge in [-0.1, -0.05) is 69.9 Å². The van der Waals surface area contributed by atoms with Crippen LogP contribution in [-0.2, 0) is 4.79 Å². The Kier molecular flexibility index (Phi) is 9.72. The molecule has 0 fully saturated rings. The zero-order valence-electron chi connectivity index (χ0n) is 19.8. The zero-order chi connectivity index (χ0) is 23.3. The number of para-hydroxylation sites is 1. The highest BCUT2D eigenvalue weighted by Gasteiger charge is 2.03. The van der Waals surface area contributed by atoms with E-state index in [9.17, 15) is 4.79 Å². The van der Waals surface area contributed by atoms with E-state index in [1.54, 1.807) is 6.07 Å². The molecule has 0 aliphatic rings. The number of rotatable bonds is 11. The van der Waals surface area contributed by atoms with Crippen LogP contribution in [-0.4, -0.2) is 22.4 Å². The van der Waals surface area contributed by atoms with E-state index in [2.05, 4.69) is 45.4 Å². The number of unbranched alkanes of at least 4 members (excludes halogenated alkanes) is 7. The Morgan fingerprint density at radius 3 is 2.36 bits per heavy atom. The van der Waals surface area contributed by atoms with Gasteiger partial charge in [-0.2, -0.15) is 0 Å². The summed E-state index contributed by atoms with van der Waals surface area (Å²) in [4.78, 5) is 20.2. The van der Waals surface area contributed by atoms with Crippen molar-refractivity contribution in [2.75, 3.05) is 17.2 Å². The SMILES string of the molecule is CCCCCCCCCCNc1ccccc1C#Cc1ccc2ccc(NC(C)=O)nc2n1. The number of hydrogen-bond donors (Lipinski definition) is 2. The summed E-state index contributed by atoms with van der Waals surface area (Å²) < 4.78 is 0. The van der Waals surface area contributed by atoms with Crippen LogP contribution in [0.25, 0.3) is 11.0 Å². The molecule has 0 radical (unpaired) electrons. The summed E-state index contributed by atoms with van der Waals surface area (Å²) in [6, 6.07) is 15.6. The summed E-state index contributed by atoms with van der Waals surface area (Å²) in [7, 11) is 0. The lowest BCUT2D eigenvalue weighted by molar-refractivity contribution is -0.114. The minimum absolute atomic E-state index is 0.158. The lowest BCUT2D eigenvalue weighted by atomic mass is 10.1. The van der Waals surface area contributed by atoms with Crippen molar-refractivity contribution in [3.8, 4) is 11.8 Å². The molecule has 3 aromatic rings. The van der Waals surface area contributed by atoms with Crippen molar-refractivity contribution < 1.29 is 4.79 Å². The van der Waals surface area contributed by atoms with Crippen molar-refractivity contribution in [1.29, 1.82) is 0 Å². The first-order valence-electron chi connectivity index (χ1n) is 12.1. The molecule has 0 unspecified atom stereocenters. The fourth-order valence-electron chi connectivity index (χ4n) is 3.68. The van der Waals surface area contributed by atoms with Gasteiger partial charge >= 0.3 is 0 Å². The molecule has 5 heteroatoms. The van der Waals surface area contributed by atoms with Crippen molar-refractivity contribution >= 4 is 28.4 Å². The summed E-state index contributed by atoms with van der Waals surface area (Å²) >= 11 is 0. The summed E-state index contributed by atoms with van der Waals surface area (Å²) in [5.74, 6) is 6.74. The lowest BCUT2D eigenvalue weighted by Gasteiger charge is -2.08. The van der Waals surface area contributed by atoms with Crippen LogP contribution in [0.3, 0.4) is 0 Å². The summed E-state index contributed by atoms with van der Waals surface area (Å²) in [5.41, 5.74) is 3.22. The Balaban J connectivity index is 1.58. The van der Waals surface area contributed by atoms with E-state index >= 15 is 0 Å². The molecule has 2 heterocycles. The van der Waals surface area contributed by atoms with E-state index in [0.29, 0.717) is 17.2 Å². The molecule has 0 saturated carbocycles. The number of nitrogens with zero attached hydrogens (tertiary/aromatic N) is 2. The number of aromatic nitrogens is 2. The van der Waals surface area contributed by atoms with E-state index in [4.69, 9.17) is 0 Å². The predicted molar refractivity (Wildman–Crippen MR) is 137 cm³/mol. The normalized spacial score (nSPS) is 10.5. The molecule has 0 saturated heterocycles. The molecule has 0 aliphatic heterocycles. The Morgan fingerprint density at radius 2 is 1.58 bits per heavy atom. The number of carbonyl (C=O) groups is 1. The van der Waals surface area contributed by atoms with Crippen molar-refractivity contribution in [2.24, 2.45) is 0 Å². The second-order valence-corrected chi connectivity index (χ2v) is 8.32. The van der Waals surface area contributed by atoms with Gasteiger partial charge in [0.2, 0.25) is 5.91 Å². The first-order valence-corrected chi connectivity index (χ1v) is 12.1. The predicted octanol–water partition coefficient (Wildman–Crippen LogP) is 6.54. The van der Waals surface area contributed by atoms with Crippen LogP contribution in [0.2, 0.25) is 0 Å². The van der Waals surface area contributed by atoms with Crippen LogP contribution in [0.1, 0.15) is 76.5 Å². The maximum atomic E-state index is 11.3. The molecule has 0 aliphatic carbocycles. The Hall–Kier alpha value is -3.39. The molecule has 172 valence electrons. The summed E-state index contributed by atoms with van der Waals surface area (Å²) in [6.07, 6.45) is 10.5. The van der Waals surface area contributed by atoms with E-state index in [1.807, 2.05) is 36.4 Å². The van der Waals surface area contributed by atoms with E-state index in [0.717, 1.165) is 23.2 Å². The van der Waals surface area contributed by atoms with Gasteiger partial charge in [-0.25, -0.2) is 9.97 Å². The highest BCUT2D eigenvalue weighted by Crippen LogP contribution is 2.16. The molecule has 1 amide bonds. The summed E-state index contributed by atoms with van der Waals surface area (Å²) in [6.45, 7) is 4.67. The monoisotopic (exact) mass is 442 g/mol. The van der Waals surface area contributed by atoms with Gasteiger partial charge in [-0.15, -0.1) is 0 Å². The third-order valence-corrected chi connectivity index (χ3v) is 5.45. The fourth-order valence-corrected chi connectivity index (χ4v) is 3.68. The first kappa shape index (κ1) is 24.3. The number of benzene rings is 1. The molecular formula is C28H34N4O. The van der Waals surface area contributed by atoms with E-state index in [-0.39, 0.29) is 5.91 Å². The van der Waals surface area contributed by atoms with Crippen molar-refractivity contribution in [2.45, 2.75) is 65.2 Å². The van der Waals surface area contributed by atoms with Gasteiger partial charge in [0.15, 0.2) is 5.65 Å². The van der Waals surface area contributed by atoms with Gasteiger partial charge in [0.25, 0.3) is 0 Å². The second kappa shape index (κ2) is 13.2. The average molecular weight is 443 g/mol. The molecule has 3 rings (SSSR count). The van der Waals surface area contributed by atoms with Crippen molar-refractivity contribution in [3.05, 3.63) is 59.8 Å². The molecule has 2 N–H and O–H groups in total. The standard InChI is InChI=1S/C28H34N4O/c1-3-4-5-6-7-8-9-12-21-29-26-14-11-10-13-23(26)15-18-25-19-16-24-17-20-27(30-22(2)33)32-28(24)31-25/h10-11,13-14,16-17,19-20,29H,3-9,12,21H2,1-2H3,(H,30,31,32,33). The third kappa shape index (κ3) is 8.23. The van der Waals surface area contributed by atoms with Gasteiger partial charge in [0, 0.05) is 30.1 Å². The number of fused-ring (bicyclic) bond motifs is 1. The lowest BCUT2D eigenvalue weighted by Crippen LogP contribution is -2.07. The number of hydrogen-bond acceptors (Lipinski definition) is 4. The van der Waals surface area contributed by atoms with Gasteiger partial charge in [-0.3, -0.25) is 4.79 Å². The highest BCUT2D eigenvalue weighted by molar-refractivity contribution is 5.89. The van der Waals surface area contributed by atoms with Gasteiger partial charge in [0.05, 0.1) is 0 Å². The molecular weight excluding hydrogens is 408 g/mol. The van der Waals surface area contributed by atoms with Crippen LogP contribution in [0, 0.1) is 11.8 Å². The van der Waals surface area contributed by atoms with Crippen LogP contribution in [0.4, 0.5) is 11.5 Å². The summed E-state index contributed by atoms with van der Waals surface area (Å²) in [5, 5.41) is 7.14. The highest BCUT2D eigenvalue weighted by atomic mass is 16.1. The number of carbonyl (C=O) groups excluding carboxylic acids is 1. The maximum Gasteiger partial charge on any atom is 0.222 e. The zero-order valence-corrected chi connectivity index (χ0v) is 19.8. The quantitative estimate of drug-likeness (QED) is 0.261. The van der Waals surface area contributed by atoms with Gasteiger partial charge in [-0.05, 0) is 48.7 Å². The van der Waals surface area contributed by atoms with E-state index < -0.39 is 0 Å².